The number of hydrogen-bond acceptors (Lipinski definition) is 5. The number of aryl methyl sites for hydroxylation is 1. The van der Waals surface area contributed by atoms with Crippen molar-refractivity contribution >= 4 is 28.2 Å². The SMILES string of the molecule is Cc1ccc(N2CC(N(C)C)C2)cc1C(=O)NC1(c2ccc(N(C)C)c3ncccc23)CC1. The Labute approximate surface area is 196 Å². The Kier molecular flexibility index (Phi) is 5.28. The van der Waals surface area contributed by atoms with Crippen molar-refractivity contribution in [2.75, 3.05) is 51.1 Å². The lowest BCUT2D eigenvalue weighted by molar-refractivity contribution is 0.0930. The third-order valence-corrected chi connectivity index (χ3v) is 7.27. The number of anilines is 2. The molecule has 1 aliphatic heterocycles. The molecular weight excluding hydrogens is 410 g/mol. The van der Waals surface area contributed by atoms with Crippen LogP contribution in [-0.2, 0) is 5.54 Å². The Bertz CT molecular complexity index is 1210. The Morgan fingerprint density at radius 1 is 1.09 bits per heavy atom. The summed E-state index contributed by atoms with van der Waals surface area (Å²) in [5, 5.41) is 4.52. The molecular formula is C27H33N5O. The number of nitrogens with zero attached hydrogens (tertiary/aromatic N) is 4. The third kappa shape index (κ3) is 3.82. The van der Waals surface area contributed by atoms with Crippen LogP contribution in [0.3, 0.4) is 0 Å². The molecule has 6 heteroatoms. The highest BCUT2D eigenvalue weighted by molar-refractivity contribution is 5.99. The van der Waals surface area contributed by atoms with Crippen LogP contribution in [0.4, 0.5) is 11.4 Å². The zero-order valence-electron chi connectivity index (χ0n) is 20.2. The van der Waals surface area contributed by atoms with Crippen LogP contribution in [0, 0.1) is 6.92 Å². The van der Waals surface area contributed by atoms with Gasteiger partial charge in [-0.2, -0.15) is 0 Å². The van der Waals surface area contributed by atoms with E-state index in [-0.39, 0.29) is 11.4 Å². The average molecular weight is 444 g/mol. The van der Waals surface area contributed by atoms with Gasteiger partial charge in [0, 0.05) is 56.1 Å². The van der Waals surface area contributed by atoms with Crippen LogP contribution in [0.1, 0.15) is 34.3 Å². The van der Waals surface area contributed by atoms with Gasteiger partial charge >= 0.3 is 0 Å². The molecule has 1 saturated heterocycles. The highest BCUT2D eigenvalue weighted by Crippen LogP contribution is 2.49. The van der Waals surface area contributed by atoms with Crippen molar-refractivity contribution in [1.82, 2.24) is 15.2 Å². The quantitative estimate of drug-likeness (QED) is 0.628. The molecule has 0 spiro atoms. The minimum atomic E-state index is -0.321. The molecule has 1 saturated carbocycles. The molecule has 6 nitrogen and oxygen atoms in total. The van der Waals surface area contributed by atoms with Gasteiger partial charge in [-0.25, -0.2) is 0 Å². The predicted octanol–water partition coefficient (Wildman–Crippen LogP) is 3.78. The highest BCUT2D eigenvalue weighted by atomic mass is 16.1. The number of amides is 1. The van der Waals surface area contributed by atoms with E-state index in [1.54, 1.807) is 0 Å². The Morgan fingerprint density at radius 3 is 2.52 bits per heavy atom. The molecule has 2 heterocycles. The third-order valence-electron chi connectivity index (χ3n) is 7.27. The zero-order chi connectivity index (χ0) is 23.3. The first-order chi connectivity index (χ1) is 15.8. The zero-order valence-corrected chi connectivity index (χ0v) is 20.2. The molecule has 2 aromatic carbocycles. The highest BCUT2D eigenvalue weighted by Gasteiger charge is 2.47. The summed E-state index contributed by atoms with van der Waals surface area (Å²) < 4.78 is 0. The summed E-state index contributed by atoms with van der Waals surface area (Å²) in [5.41, 5.74) is 5.80. The molecule has 33 heavy (non-hydrogen) atoms. The standard InChI is InChI=1S/C27H33N5O/c1-18-8-9-19(32-16-20(17-32)30(2)3)15-22(18)26(33)29-27(12-13-27)23-10-11-24(31(4)5)25-21(23)7-6-14-28-25/h6-11,14-15,20H,12-13,16-17H2,1-5H3,(H,29,33). The molecule has 5 rings (SSSR count). The number of pyridine rings is 1. The molecule has 0 atom stereocenters. The number of nitrogens with one attached hydrogen (secondary N) is 1. The fourth-order valence-corrected chi connectivity index (χ4v) is 4.85. The van der Waals surface area contributed by atoms with Crippen LogP contribution in [0.15, 0.2) is 48.7 Å². The maximum absolute atomic E-state index is 13.5. The smallest absolute Gasteiger partial charge is 0.252 e. The van der Waals surface area contributed by atoms with E-state index in [1.807, 2.05) is 33.3 Å². The normalized spacial score (nSPS) is 17.2. The topological polar surface area (TPSA) is 51.7 Å². The first-order valence-corrected chi connectivity index (χ1v) is 11.7. The van der Waals surface area contributed by atoms with Gasteiger partial charge in [0.1, 0.15) is 0 Å². The van der Waals surface area contributed by atoms with Gasteiger partial charge < -0.3 is 20.0 Å². The maximum Gasteiger partial charge on any atom is 0.252 e. The van der Waals surface area contributed by atoms with Crippen molar-refractivity contribution in [2.24, 2.45) is 0 Å². The number of aromatic nitrogens is 1. The van der Waals surface area contributed by atoms with E-state index in [4.69, 9.17) is 0 Å². The molecule has 1 aromatic heterocycles. The molecule has 2 aliphatic rings. The summed E-state index contributed by atoms with van der Waals surface area (Å²) in [4.78, 5) is 24.8. The monoisotopic (exact) mass is 443 g/mol. The summed E-state index contributed by atoms with van der Waals surface area (Å²) in [5.74, 6) is 0.00487. The van der Waals surface area contributed by atoms with Crippen LogP contribution in [0.5, 0.6) is 0 Å². The lowest BCUT2D eigenvalue weighted by Crippen LogP contribution is -2.57. The second kappa shape index (κ2) is 8.03. The van der Waals surface area contributed by atoms with E-state index in [2.05, 4.69) is 75.5 Å². The number of carbonyl (C=O) groups is 1. The molecule has 0 unspecified atom stereocenters. The Morgan fingerprint density at radius 2 is 1.85 bits per heavy atom. The van der Waals surface area contributed by atoms with E-state index in [1.165, 1.54) is 0 Å². The van der Waals surface area contributed by atoms with Gasteiger partial charge in [-0.05, 0) is 69.3 Å². The van der Waals surface area contributed by atoms with Crippen molar-refractivity contribution in [3.05, 3.63) is 65.4 Å². The minimum absolute atomic E-state index is 0.00487. The van der Waals surface area contributed by atoms with Crippen molar-refractivity contribution in [3.8, 4) is 0 Å². The number of hydrogen-bond donors (Lipinski definition) is 1. The molecule has 1 amide bonds. The van der Waals surface area contributed by atoms with Crippen LogP contribution >= 0.6 is 0 Å². The molecule has 1 aliphatic carbocycles. The lowest BCUT2D eigenvalue weighted by atomic mass is 9.97. The lowest BCUT2D eigenvalue weighted by Gasteiger charge is -2.44. The van der Waals surface area contributed by atoms with Crippen LogP contribution < -0.4 is 15.1 Å². The molecule has 3 aromatic rings. The van der Waals surface area contributed by atoms with Crippen molar-refractivity contribution in [1.29, 1.82) is 0 Å². The summed E-state index contributed by atoms with van der Waals surface area (Å²) >= 11 is 0. The number of carbonyl (C=O) groups excluding carboxylic acids is 1. The average Bonchev–Trinajstić information content (AvgIpc) is 3.52. The summed E-state index contributed by atoms with van der Waals surface area (Å²) in [7, 11) is 8.31. The fraction of sp³-hybridized carbons (Fsp3) is 0.407. The number of benzene rings is 2. The first-order valence-electron chi connectivity index (χ1n) is 11.7. The van der Waals surface area contributed by atoms with Gasteiger partial charge in [0.15, 0.2) is 0 Å². The van der Waals surface area contributed by atoms with Gasteiger partial charge in [0.05, 0.1) is 16.7 Å². The molecule has 172 valence electrons. The van der Waals surface area contributed by atoms with E-state index in [0.29, 0.717) is 6.04 Å². The van der Waals surface area contributed by atoms with E-state index in [9.17, 15) is 4.79 Å². The van der Waals surface area contributed by atoms with E-state index < -0.39 is 0 Å². The fourth-order valence-electron chi connectivity index (χ4n) is 4.85. The number of fused-ring (bicyclic) bond motifs is 1. The van der Waals surface area contributed by atoms with E-state index >= 15 is 0 Å². The van der Waals surface area contributed by atoms with Crippen LogP contribution in [0.2, 0.25) is 0 Å². The summed E-state index contributed by atoms with van der Waals surface area (Å²) in [6.07, 6.45) is 3.72. The first kappa shape index (κ1) is 21.7. The molecule has 0 radical (unpaired) electrons. The summed E-state index contributed by atoms with van der Waals surface area (Å²) in [6, 6.07) is 15.2. The van der Waals surface area contributed by atoms with Crippen molar-refractivity contribution in [2.45, 2.75) is 31.3 Å². The number of rotatable bonds is 6. The van der Waals surface area contributed by atoms with Gasteiger partial charge in [-0.3, -0.25) is 9.78 Å². The second-order valence-corrected chi connectivity index (χ2v) is 9.98. The largest absolute Gasteiger partial charge is 0.376 e. The van der Waals surface area contributed by atoms with Gasteiger partial charge in [0.2, 0.25) is 0 Å². The van der Waals surface area contributed by atoms with Crippen molar-refractivity contribution in [3.63, 3.8) is 0 Å². The molecule has 2 fully saturated rings. The second-order valence-electron chi connectivity index (χ2n) is 9.98. The van der Waals surface area contributed by atoms with Crippen molar-refractivity contribution < 1.29 is 4.79 Å². The van der Waals surface area contributed by atoms with E-state index in [0.717, 1.165) is 64.9 Å². The van der Waals surface area contributed by atoms with Gasteiger partial charge in [-0.15, -0.1) is 0 Å². The number of likely N-dealkylation sites (N-methyl/N-ethyl adjacent to an activating group) is 1. The predicted molar refractivity (Wildman–Crippen MR) is 135 cm³/mol. The summed E-state index contributed by atoms with van der Waals surface area (Å²) in [6.45, 7) is 4.01. The molecule has 0 bridgehead atoms. The minimum Gasteiger partial charge on any atom is -0.376 e. The Balaban J connectivity index is 1.42. The van der Waals surface area contributed by atoms with Gasteiger partial charge in [-0.1, -0.05) is 18.2 Å². The van der Waals surface area contributed by atoms with Gasteiger partial charge in [0.25, 0.3) is 5.91 Å². The Hall–Kier alpha value is -3.12. The maximum atomic E-state index is 13.5. The van der Waals surface area contributed by atoms with Crippen LogP contribution in [-0.4, -0.2) is 63.1 Å². The molecule has 1 N–H and O–H groups in total. The van der Waals surface area contributed by atoms with Crippen LogP contribution in [0.25, 0.3) is 10.9 Å².